The Kier molecular flexibility index (Phi) is 21.5. The highest BCUT2D eigenvalue weighted by Crippen LogP contribution is 1.90. The lowest BCUT2D eigenvalue weighted by atomic mass is 10.5. The van der Waals surface area contributed by atoms with Crippen LogP contribution in [0, 0.1) is 6.92 Å². The normalized spacial score (nSPS) is 11.3. The summed E-state index contributed by atoms with van der Waals surface area (Å²) in [5, 5.41) is 16.3. The first-order valence-corrected chi connectivity index (χ1v) is 11.9. The van der Waals surface area contributed by atoms with E-state index in [0.717, 1.165) is 5.69 Å². The van der Waals surface area contributed by atoms with Gasteiger partial charge in [-0.25, -0.2) is 4.68 Å². The fraction of sp³-hybridized carbons (Fsp3) is 0.864. The summed E-state index contributed by atoms with van der Waals surface area (Å²) in [5.41, 5.74) is 0.893. The molecule has 0 aliphatic rings. The Morgan fingerprint density at radius 1 is 0.657 bits per heavy atom. The van der Waals surface area contributed by atoms with Crippen LogP contribution in [0.25, 0.3) is 0 Å². The van der Waals surface area contributed by atoms with Crippen molar-refractivity contribution in [3.63, 3.8) is 0 Å². The zero-order valence-electron chi connectivity index (χ0n) is 20.8. The molecule has 0 saturated carbocycles. The van der Waals surface area contributed by atoms with Crippen LogP contribution in [0.1, 0.15) is 12.1 Å². The maximum absolute atomic E-state index is 10.3. The number of carboxylic acids is 1. The summed E-state index contributed by atoms with van der Waals surface area (Å²) in [7, 11) is 0. The molecule has 0 unspecified atom stereocenters. The van der Waals surface area contributed by atoms with Gasteiger partial charge < -0.3 is 43.0 Å². The predicted molar refractivity (Wildman–Crippen MR) is 124 cm³/mol. The van der Waals surface area contributed by atoms with Crippen molar-refractivity contribution in [2.45, 2.75) is 19.9 Å². The highest BCUT2D eigenvalue weighted by atomic mass is 16.6. The Hall–Kier alpha value is -1.71. The fourth-order valence-electron chi connectivity index (χ4n) is 2.46. The van der Waals surface area contributed by atoms with E-state index in [4.69, 9.17) is 43.0 Å². The quantitative estimate of drug-likeness (QED) is 0.162. The second-order valence-electron chi connectivity index (χ2n) is 7.17. The Morgan fingerprint density at radius 2 is 1.00 bits per heavy atom. The molecule has 0 atom stereocenters. The second kappa shape index (κ2) is 24.0. The van der Waals surface area contributed by atoms with Gasteiger partial charge in [0.05, 0.1) is 124 Å². The SMILES string of the molecule is Cc1cn(CCOCCOCCOCCOCCOCCOCCOCCOCCC(=O)O)nn1. The smallest absolute Gasteiger partial charge is 0.305 e. The monoisotopic (exact) mass is 507 g/mol. The van der Waals surface area contributed by atoms with Gasteiger partial charge in [0.1, 0.15) is 0 Å². The van der Waals surface area contributed by atoms with Crippen LogP contribution in [0.2, 0.25) is 0 Å². The predicted octanol–water partition coefficient (Wildman–Crippen LogP) is 0.194. The van der Waals surface area contributed by atoms with Gasteiger partial charge in [0.25, 0.3) is 0 Å². The number of carboxylic acid groups (broad SMARTS) is 1. The minimum Gasteiger partial charge on any atom is -0.481 e. The molecule has 13 nitrogen and oxygen atoms in total. The fourth-order valence-corrected chi connectivity index (χ4v) is 2.46. The number of carbonyl (C=O) groups is 1. The van der Waals surface area contributed by atoms with Crippen molar-refractivity contribution in [3.8, 4) is 0 Å². The summed E-state index contributed by atoms with van der Waals surface area (Å²) >= 11 is 0. The van der Waals surface area contributed by atoms with Gasteiger partial charge in [-0.15, -0.1) is 5.10 Å². The van der Waals surface area contributed by atoms with Gasteiger partial charge in [-0.3, -0.25) is 4.79 Å². The maximum atomic E-state index is 10.3. The topological polar surface area (TPSA) is 142 Å². The van der Waals surface area contributed by atoms with E-state index in [1.54, 1.807) is 4.68 Å². The molecule has 0 aliphatic carbocycles. The Labute approximate surface area is 206 Å². The van der Waals surface area contributed by atoms with Gasteiger partial charge in [-0.05, 0) is 6.92 Å². The highest BCUT2D eigenvalue weighted by molar-refractivity contribution is 5.66. The van der Waals surface area contributed by atoms with Crippen LogP contribution in [0.4, 0.5) is 0 Å². The first kappa shape index (κ1) is 31.3. The minimum absolute atomic E-state index is 0.00202. The van der Waals surface area contributed by atoms with Crippen molar-refractivity contribution < 1.29 is 47.8 Å². The number of aryl methyl sites for hydroxylation is 1. The molecule has 0 radical (unpaired) electrons. The van der Waals surface area contributed by atoms with Crippen molar-refractivity contribution in [2.24, 2.45) is 0 Å². The van der Waals surface area contributed by atoms with Gasteiger partial charge in [-0.2, -0.15) is 0 Å². The van der Waals surface area contributed by atoms with Gasteiger partial charge in [0.15, 0.2) is 0 Å². The Bertz CT molecular complexity index is 606. The molecule has 0 spiro atoms. The molecule has 0 saturated heterocycles. The molecule has 0 aliphatic heterocycles. The van der Waals surface area contributed by atoms with Crippen molar-refractivity contribution in [1.82, 2.24) is 15.0 Å². The lowest BCUT2D eigenvalue weighted by Gasteiger charge is -2.08. The van der Waals surface area contributed by atoms with Gasteiger partial charge >= 0.3 is 5.97 Å². The molecule has 13 heteroatoms. The summed E-state index contributed by atoms with van der Waals surface area (Å²) in [6.45, 7) is 10.1. The summed E-state index contributed by atoms with van der Waals surface area (Å²) < 4.78 is 44.7. The number of ether oxygens (including phenoxy) is 8. The van der Waals surface area contributed by atoms with E-state index < -0.39 is 5.97 Å². The molecule has 1 heterocycles. The van der Waals surface area contributed by atoms with Crippen LogP contribution < -0.4 is 0 Å². The Morgan fingerprint density at radius 3 is 1.31 bits per heavy atom. The summed E-state index contributed by atoms with van der Waals surface area (Å²) in [6, 6.07) is 0. The largest absolute Gasteiger partial charge is 0.481 e. The van der Waals surface area contributed by atoms with Crippen LogP contribution in [-0.4, -0.2) is 132 Å². The molecule has 0 bridgehead atoms. The third kappa shape index (κ3) is 22.5. The third-order valence-electron chi connectivity index (χ3n) is 4.18. The molecule has 204 valence electrons. The molecule has 35 heavy (non-hydrogen) atoms. The van der Waals surface area contributed by atoms with Crippen LogP contribution in [0.5, 0.6) is 0 Å². The van der Waals surface area contributed by atoms with Crippen molar-refractivity contribution in [2.75, 3.05) is 106 Å². The molecule has 1 aromatic rings. The van der Waals surface area contributed by atoms with Gasteiger partial charge in [0.2, 0.25) is 0 Å². The summed E-state index contributed by atoms with van der Waals surface area (Å²) in [4.78, 5) is 10.3. The van der Waals surface area contributed by atoms with Crippen LogP contribution in [0.3, 0.4) is 0 Å². The first-order valence-electron chi connectivity index (χ1n) is 11.9. The molecule has 0 amide bonds. The zero-order chi connectivity index (χ0) is 25.2. The number of nitrogens with zero attached hydrogens (tertiary/aromatic N) is 3. The second-order valence-corrected chi connectivity index (χ2v) is 7.17. The average Bonchev–Trinajstić information content (AvgIpc) is 3.26. The van der Waals surface area contributed by atoms with Crippen LogP contribution >= 0.6 is 0 Å². The van der Waals surface area contributed by atoms with Crippen LogP contribution in [0.15, 0.2) is 6.20 Å². The minimum atomic E-state index is -0.871. The lowest BCUT2D eigenvalue weighted by Crippen LogP contribution is -2.15. The van der Waals surface area contributed by atoms with E-state index in [9.17, 15) is 4.79 Å². The summed E-state index contributed by atoms with van der Waals surface area (Å²) in [5.74, 6) is -0.871. The highest BCUT2D eigenvalue weighted by Gasteiger charge is 1.98. The first-order chi connectivity index (χ1) is 17.2. The third-order valence-corrected chi connectivity index (χ3v) is 4.18. The van der Waals surface area contributed by atoms with Gasteiger partial charge in [0, 0.05) is 6.20 Å². The number of rotatable bonds is 27. The van der Waals surface area contributed by atoms with E-state index in [-0.39, 0.29) is 13.0 Å². The Balaban J connectivity index is 1.64. The molecular weight excluding hydrogens is 466 g/mol. The average molecular weight is 508 g/mol. The van der Waals surface area contributed by atoms with E-state index in [1.165, 1.54) is 0 Å². The molecule has 0 fully saturated rings. The molecule has 1 N–H and O–H groups in total. The molecule has 1 rings (SSSR count). The van der Waals surface area contributed by atoms with Crippen molar-refractivity contribution >= 4 is 5.97 Å². The lowest BCUT2D eigenvalue weighted by molar-refractivity contribution is -0.138. The maximum Gasteiger partial charge on any atom is 0.305 e. The zero-order valence-corrected chi connectivity index (χ0v) is 20.8. The number of aliphatic carboxylic acids is 1. The molecular formula is C22H41N3O10. The van der Waals surface area contributed by atoms with Crippen LogP contribution in [-0.2, 0) is 49.2 Å². The van der Waals surface area contributed by atoms with Crippen molar-refractivity contribution in [1.29, 1.82) is 0 Å². The number of hydrogen-bond acceptors (Lipinski definition) is 11. The molecule has 0 aromatic carbocycles. The van der Waals surface area contributed by atoms with E-state index in [2.05, 4.69) is 10.3 Å². The molecule has 1 aromatic heterocycles. The van der Waals surface area contributed by atoms with E-state index in [1.807, 2.05) is 13.1 Å². The standard InChI is InChI=1S/C22H41N3O10/c1-21-20-25(24-23-21)3-5-29-7-9-31-11-13-33-15-17-35-19-18-34-16-14-32-12-10-30-8-6-28-4-2-22(26)27/h20H,2-19H2,1H3,(H,26,27). The van der Waals surface area contributed by atoms with E-state index in [0.29, 0.717) is 106 Å². The van der Waals surface area contributed by atoms with E-state index >= 15 is 0 Å². The summed E-state index contributed by atoms with van der Waals surface area (Å²) in [6.07, 6.45) is 1.88. The van der Waals surface area contributed by atoms with Crippen molar-refractivity contribution in [3.05, 3.63) is 11.9 Å². The van der Waals surface area contributed by atoms with Gasteiger partial charge in [-0.1, -0.05) is 5.21 Å². The number of hydrogen-bond donors (Lipinski definition) is 1. The number of aromatic nitrogens is 3.